The third kappa shape index (κ3) is 8.34. The fourth-order valence-electron chi connectivity index (χ4n) is 3.73. The van der Waals surface area contributed by atoms with E-state index in [0.717, 1.165) is 6.42 Å². The highest BCUT2D eigenvalue weighted by atomic mass is 35.5. The minimum atomic E-state index is -3.98. The number of hydrazone groups is 1. The minimum absolute atomic E-state index is 0.0110. The quantitative estimate of drug-likeness (QED) is 0.0868. The highest BCUT2D eigenvalue weighted by Crippen LogP contribution is 2.29. The van der Waals surface area contributed by atoms with Crippen LogP contribution in [-0.4, -0.2) is 40.2 Å². The van der Waals surface area contributed by atoms with E-state index in [2.05, 4.69) is 15.2 Å². The molecule has 0 heterocycles. The van der Waals surface area contributed by atoms with Crippen molar-refractivity contribution in [1.29, 1.82) is 0 Å². The van der Waals surface area contributed by atoms with Crippen LogP contribution in [0.2, 0.25) is 5.02 Å². The van der Waals surface area contributed by atoms with Crippen LogP contribution in [0.15, 0.2) is 101 Å². The number of amides is 1. The highest BCUT2D eigenvalue weighted by molar-refractivity contribution is 7.92. The van der Waals surface area contributed by atoms with Crippen molar-refractivity contribution in [2.24, 2.45) is 5.10 Å². The lowest BCUT2D eigenvalue weighted by molar-refractivity contribution is 0.0729. The zero-order chi connectivity index (χ0) is 30.8. The van der Waals surface area contributed by atoms with E-state index in [9.17, 15) is 18.0 Å². The summed E-state index contributed by atoms with van der Waals surface area (Å²) < 4.78 is 44.4. The number of ether oxygens (including phenoxy) is 3. The molecule has 0 spiro atoms. The molecule has 0 bridgehead atoms. The summed E-state index contributed by atoms with van der Waals surface area (Å²) in [6.45, 7) is 2.59. The van der Waals surface area contributed by atoms with Gasteiger partial charge in [0.05, 0.1) is 41.6 Å². The predicted molar refractivity (Wildman–Crippen MR) is 164 cm³/mol. The van der Waals surface area contributed by atoms with Crippen molar-refractivity contribution in [3.63, 3.8) is 0 Å². The average Bonchev–Trinajstić information content (AvgIpc) is 3.01. The number of nitrogens with one attached hydrogen (secondary N) is 2. The third-order valence-electron chi connectivity index (χ3n) is 5.87. The Hall–Kier alpha value is -4.87. The number of hydrogen-bond acceptors (Lipinski definition) is 8. The van der Waals surface area contributed by atoms with Crippen molar-refractivity contribution in [2.75, 3.05) is 18.4 Å². The maximum atomic E-state index is 12.9. The first kappa shape index (κ1) is 31.1. The summed E-state index contributed by atoms with van der Waals surface area (Å²) in [5, 5.41) is 4.37. The minimum Gasteiger partial charge on any atom is -0.494 e. The van der Waals surface area contributed by atoms with Gasteiger partial charge in [-0.3, -0.25) is 9.52 Å². The standard InChI is InChI=1S/C31H28ClN3O7S/c1-3-18-41-24-13-9-22(10-14-24)31(37)42-28-17-8-21(19-29(28)40-2)20-33-34-30(36)26-6-4-5-7-27(26)35-43(38,39)25-15-11-23(32)12-16-25/h4-17,19-20,35H,3,18H2,1-2H3,(H,34,36)/b33-20-. The first-order chi connectivity index (χ1) is 20.7. The van der Waals surface area contributed by atoms with Crippen LogP contribution in [0, 0.1) is 0 Å². The number of hydrogen-bond donors (Lipinski definition) is 2. The molecule has 0 fully saturated rings. The Labute approximate surface area is 254 Å². The number of anilines is 1. The molecule has 0 saturated heterocycles. The van der Waals surface area contributed by atoms with Crippen LogP contribution >= 0.6 is 11.6 Å². The van der Waals surface area contributed by atoms with E-state index in [1.807, 2.05) is 6.92 Å². The second-order valence-electron chi connectivity index (χ2n) is 8.98. The number of esters is 1. The molecule has 0 saturated carbocycles. The molecule has 0 aliphatic rings. The topological polar surface area (TPSA) is 132 Å². The third-order valence-corrected chi connectivity index (χ3v) is 7.51. The van der Waals surface area contributed by atoms with Gasteiger partial charge in [0.15, 0.2) is 11.5 Å². The van der Waals surface area contributed by atoms with Gasteiger partial charge in [0.25, 0.3) is 15.9 Å². The van der Waals surface area contributed by atoms with Crippen molar-refractivity contribution in [3.05, 3.63) is 113 Å². The van der Waals surface area contributed by atoms with Crippen molar-refractivity contribution in [2.45, 2.75) is 18.2 Å². The Bertz CT molecular complexity index is 1730. The molecule has 0 unspecified atom stereocenters. The number of rotatable bonds is 12. The van der Waals surface area contributed by atoms with E-state index in [-0.39, 0.29) is 27.6 Å². The second kappa shape index (κ2) is 14.3. The van der Waals surface area contributed by atoms with Crippen molar-refractivity contribution < 1.29 is 32.2 Å². The smallest absolute Gasteiger partial charge is 0.343 e. The molecule has 0 radical (unpaired) electrons. The van der Waals surface area contributed by atoms with Crippen LogP contribution in [-0.2, 0) is 10.0 Å². The largest absolute Gasteiger partial charge is 0.494 e. The summed E-state index contributed by atoms with van der Waals surface area (Å²) in [7, 11) is -2.55. The van der Waals surface area contributed by atoms with Crippen LogP contribution < -0.4 is 24.4 Å². The summed E-state index contributed by atoms with van der Waals surface area (Å²) in [6, 6.07) is 23.1. The van der Waals surface area contributed by atoms with Gasteiger partial charge in [-0.05, 0) is 90.8 Å². The number of sulfonamides is 1. The van der Waals surface area contributed by atoms with Gasteiger partial charge in [-0.1, -0.05) is 30.7 Å². The Morgan fingerprint density at radius 1 is 0.930 bits per heavy atom. The first-order valence-corrected chi connectivity index (χ1v) is 14.9. The number of benzene rings is 4. The van der Waals surface area contributed by atoms with Gasteiger partial charge in [-0.15, -0.1) is 0 Å². The van der Waals surface area contributed by atoms with E-state index >= 15 is 0 Å². The monoisotopic (exact) mass is 621 g/mol. The maximum absolute atomic E-state index is 12.9. The molecule has 10 nitrogen and oxygen atoms in total. The van der Waals surface area contributed by atoms with Crippen LogP contribution in [0.1, 0.15) is 39.6 Å². The van der Waals surface area contributed by atoms with Gasteiger partial charge in [0.2, 0.25) is 0 Å². The van der Waals surface area contributed by atoms with Gasteiger partial charge in [-0.25, -0.2) is 18.6 Å². The second-order valence-corrected chi connectivity index (χ2v) is 11.1. The van der Waals surface area contributed by atoms with E-state index in [0.29, 0.717) is 28.5 Å². The molecular formula is C31H28ClN3O7S. The maximum Gasteiger partial charge on any atom is 0.343 e. The predicted octanol–water partition coefficient (Wildman–Crippen LogP) is 5.92. The highest BCUT2D eigenvalue weighted by Gasteiger charge is 2.19. The van der Waals surface area contributed by atoms with Gasteiger partial charge in [0, 0.05) is 5.02 Å². The molecular weight excluding hydrogens is 594 g/mol. The summed E-state index contributed by atoms with van der Waals surface area (Å²) in [5.41, 5.74) is 3.39. The molecule has 2 N–H and O–H groups in total. The van der Waals surface area contributed by atoms with Crippen molar-refractivity contribution in [1.82, 2.24) is 5.43 Å². The van der Waals surface area contributed by atoms with Gasteiger partial charge < -0.3 is 14.2 Å². The zero-order valence-corrected chi connectivity index (χ0v) is 24.8. The van der Waals surface area contributed by atoms with Crippen LogP contribution in [0.5, 0.6) is 17.2 Å². The number of nitrogens with zero attached hydrogens (tertiary/aromatic N) is 1. The first-order valence-electron chi connectivity index (χ1n) is 13.0. The Kier molecular flexibility index (Phi) is 10.4. The zero-order valence-electron chi connectivity index (χ0n) is 23.2. The summed E-state index contributed by atoms with van der Waals surface area (Å²) in [5.74, 6) is -0.0848. The van der Waals surface area contributed by atoms with E-state index in [1.165, 1.54) is 49.7 Å². The normalized spacial score (nSPS) is 11.1. The lowest BCUT2D eigenvalue weighted by Gasteiger charge is -2.12. The van der Waals surface area contributed by atoms with Gasteiger partial charge in [0.1, 0.15) is 5.75 Å². The lowest BCUT2D eigenvalue weighted by atomic mass is 10.2. The van der Waals surface area contributed by atoms with Crippen LogP contribution in [0.25, 0.3) is 0 Å². The lowest BCUT2D eigenvalue weighted by Crippen LogP contribution is -2.21. The summed E-state index contributed by atoms with van der Waals surface area (Å²) >= 11 is 5.85. The summed E-state index contributed by atoms with van der Waals surface area (Å²) in [6.07, 6.45) is 2.24. The molecule has 4 rings (SSSR count). The van der Waals surface area contributed by atoms with Crippen LogP contribution in [0.3, 0.4) is 0 Å². The van der Waals surface area contributed by atoms with Crippen molar-refractivity contribution in [3.8, 4) is 17.2 Å². The van der Waals surface area contributed by atoms with E-state index in [4.69, 9.17) is 25.8 Å². The SMILES string of the molecule is CCCOc1ccc(C(=O)Oc2ccc(/C=N\NC(=O)c3ccccc3NS(=O)(=O)c3ccc(Cl)cc3)cc2OC)cc1. The Morgan fingerprint density at radius 3 is 2.35 bits per heavy atom. The van der Waals surface area contributed by atoms with Gasteiger partial charge in [-0.2, -0.15) is 5.10 Å². The number of halogens is 1. The number of methoxy groups -OCH3 is 1. The summed E-state index contributed by atoms with van der Waals surface area (Å²) in [4.78, 5) is 25.5. The molecule has 4 aromatic rings. The molecule has 4 aromatic carbocycles. The molecule has 43 heavy (non-hydrogen) atoms. The van der Waals surface area contributed by atoms with E-state index < -0.39 is 21.9 Å². The molecule has 0 aliphatic heterocycles. The number of carbonyl (C=O) groups excluding carboxylic acids is 2. The molecule has 0 atom stereocenters. The Balaban J connectivity index is 1.41. The van der Waals surface area contributed by atoms with Crippen LogP contribution in [0.4, 0.5) is 5.69 Å². The van der Waals surface area contributed by atoms with E-state index in [1.54, 1.807) is 54.6 Å². The Morgan fingerprint density at radius 2 is 1.65 bits per heavy atom. The fourth-order valence-corrected chi connectivity index (χ4v) is 4.93. The fraction of sp³-hybridized carbons (Fsp3) is 0.129. The molecule has 1 amide bonds. The molecule has 0 aliphatic carbocycles. The van der Waals surface area contributed by atoms with Gasteiger partial charge >= 0.3 is 5.97 Å². The average molecular weight is 622 g/mol. The molecule has 222 valence electrons. The van der Waals surface area contributed by atoms with Crippen molar-refractivity contribution >= 4 is 45.4 Å². The number of para-hydroxylation sites is 1. The molecule has 12 heteroatoms. The number of carbonyl (C=O) groups is 2. The molecule has 0 aromatic heterocycles.